The highest BCUT2D eigenvalue weighted by Crippen LogP contribution is 2.47. The highest BCUT2D eigenvalue weighted by Gasteiger charge is 2.51. The number of hydrogen-bond donors (Lipinski definition) is 0. The second kappa shape index (κ2) is 14.6. The molecule has 312 valence electrons. The van der Waals surface area contributed by atoms with Crippen LogP contribution < -0.4 is 46.8 Å². The summed E-state index contributed by atoms with van der Waals surface area (Å²) >= 11 is 0. The topological polar surface area (TPSA) is 12.5 Å². The minimum Gasteiger partial charge on any atom is -0.458 e. The largest absolute Gasteiger partial charge is 0.458 e. The molecule has 0 N–H and O–H groups in total. The Kier molecular flexibility index (Phi) is 8.85. The molecular formula is C59H44BF2NOSi. The summed E-state index contributed by atoms with van der Waals surface area (Å²) in [6.45, 7) is 8.74. The molecule has 3 heterocycles. The fourth-order valence-corrected chi connectivity index (χ4v) is 16.2. The molecule has 0 saturated heterocycles. The number of aryl methyl sites for hydroxylation is 1. The zero-order valence-electron chi connectivity index (χ0n) is 36.7. The van der Waals surface area contributed by atoms with E-state index in [-0.39, 0.29) is 12.1 Å². The van der Waals surface area contributed by atoms with Crippen molar-refractivity contribution in [1.82, 2.24) is 0 Å². The highest BCUT2D eigenvalue weighted by molar-refractivity contribution is 7.22. The predicted octanol–water partition coefficient (Wildman–Crippen LogP) is 10.7. The van der Waals surface area contributed by atoms with Crippen LogP contribution >= 0.6 is 0 Å². The van der Waals surface area contributed by atoms with E-state index in [0.717, 1.165) is 56.5 Å². The van der Waals surface area contributed by atoms with Gasteiger partial charge in [0.1, 0.15) is 23.1 Å². The molecule has 0 aromatic heterocycles. The van der Waals surface area contributed by atoms with E-state index in [9.17, 15) is 8.78 Å². The van der Waals surface area contributed by atoms with Crippen LogP contribution in [0.1, 0.15) is 31.9 Å². The first-order valence-corrected chi connectivity index (χ1v) is 24.4. The monoisotopic (exact) mass is 859 g/mol. The third-order valence-electron chi connectivity index (χ3n) is 13.9. The van der Waals surface area contributed by atoms with Crippen molar-refractivity contribution < 1.29 is 13.5 Å². The zero-order valence-corrected chi connectivity index (χ0v) is 37.7. The van der Waals surface area contributed by atoms with Gasteiger partial charge >= 0.3 is 0 Å². The van der Waals surface area contributed by atoms with Gasteiger partial charge in [-0.3, -0.25) is 0 Å². The van der Waals surface area contributed by atoms with Crippen LogP contribution in [0.15, 0.2) is 194 Å². The first-order chi connectivity index (χ1) is 31.6. The number of nitrogens with zero attached hydrogens (tertiary/aromatic N) is 1. The maximum Gasteiger partial charge on any atom is 0.256 e. The maximum absolute atomic E-state index is 14.7. The van der Waals surface area contributed by atoms with Crippen molar-refractivity contribution in [3.63, 3.8) is 0 Å². The molecule has 6 heteroatoms. The van der Waals surface area contributed by atoms with Crippen molar-refractivity contribution in [2.24, 2.45) is 0 Å². The van der Waals surface area contributed by atoms with Crippen molar-refractivity contribution in [2.45, 2.75) is 33.1 Å². The van der Waals surface area contributed by atoms with E-state index in [0.29, 0.717) is 16.9 Å². The summed E-state index contributed by atoms with van der Waals surface area (Å²) < 4.78 is 36.4. The number of anilines is 3. The minimum atomic E-state index is -2.89. The Morgan fingerprint density at radius 3 is 1.83 bits per heavy atom. The summed E-state index contributed by atoms with van der Waals surface area (Å²) in [5.74, 6) is 0.228. The number of ether oxygens (including phenoxy) is 1. The van der Waals surface area contributed by atoms with E-state index in [2.05, 4.69) is 196 Å². The van der Waals surface area contributed by atoms with E-state index < -0.39 is 19.7 Å². The molecular weight excluding hydrogens is 816 g/mol. The molecule has 0 bridgehead atoms. The summed E-state index contributed by atoms with van der Waals surface area (Å²) in [6.07, 6.45) is 0. The molecule has 65 heavy (non-hydrogen) atoms. The molecule has 0 amide bonds. The Hall–Kier alpha value is -7.28. The fraction of sp³-hybridized carbons (Fsp3) is 0.0847. The molecule has 12 rings (SSSR count). The van der Waals surface area contributed by atoms with Crippen LogP contribution in [0.2, 0.25) is 0 Å². The Balaban J connectivity index is 1.20. The molecule has 0 radical (unpaired) electrons. The van der Waals surface area contributed by atoms with Crippen LogP contribution in [0.5, 0.6) is 11.5 Å². The van der Waals surface area contributed by atoms with Gasteiger partial charge in [-0.25, -0.2) is 8.78 Å². The number of halogens is 2. The third-order valence-corrected chi connectivity index (χ3v) is 18.7. The lowest BCUT2D eigenvalue weighted by atomic mass is 9.34. The Labute approximate surface area is 380 Å². The van der Waals surface area contributed by atoms with E-state index in [4.69, 9.17) is 4.74 Å². The molecule has 3 aliphatic heterocycles. The quantitative estimate of drug-likeness (QED) is 0.160. The fourth-order valence-electron chi connectivity index (χ4n) is 11.0. The van der Waals surface area contributed by atoms with Gasteiger partial charge in [0.2, 0.25) is 0 Å². The van der Waals surface area contributed by atoms with Crippen LogP contribution in [0.25, 0.3) is 33.4 Å². The molecule has 2 nitrogen and oxygen atoms in total. The molecule has 3 aliphatic rings. The summed E-state index contributed by atoms with van der Waals surface area (Å²) in [5.41, 5.74) is 14.8. The maximum atomic E-state index is 14.7. The normalized spacial score (nSPS) is 13.9. The van der Waals surface area contributed by atoms with Gasteiger partial charge in [0, 0.05) is 23.0 Å². The van der Waals surface area contributed by atoms with Crippen LogP contribution in [0, 0.1) is 18.6 Å². The van der Waals surface area contributed by atoms with Gasteiger partial charge in [-0.05, 0) is 137 Å². The van der Waals surface area contributed by atoms with Gasteiger partial charge in [-0.1, -0.05) is 160 Å². The SMILES string of the molecule is Cc1cc2c3c(c1)N(c1ccc(C(C)(C)C)cc1-c1ccccc1)c1cc4c(cc1B3c1ccc(-c3cc(F)cc(F)c3)cc1O2)[Si](c1ccccc1)(c1ccccc1)c1ccccc1-4. The second-order valence-electron chi connectivity index (χ2n) is 18.8. The highest BCUT2D eigenvalue weighted by atomic mass is 28.3. The molecule has 9 aromatic carbocycles. The van der Waals surface area contributed by atoms with Crippen molar-refractivity contribution in [3.05, 3.63) is 217 Å². The predicted molar refractivity (Wildman–Crippen MR) is 269 cm³/mol. The second-order valence-corrected chi connectivity index (χ2v) is 22.5. The van der Waals surface area contributed by atoms with Gasteiger partial charge in [-0.15, -0.1) is 0 Å². The molecule has 0 fully saturated rings. The lowest BCUT2D eigenvalue weighted by Gasteiger charge is -2.42. The average molecular weight is 860 g/mol. The Morgan fingerprint density at radius 1 is 0.477 bits per heavy atom. The van der Waals surface area contributed by atoms with Gasteiger partial charge in [0.05, 0.1) is 5.69 Å². The van der Waals surface area contributed by atoms with Crippen LogP contribution in [0.4, 0.5) is 25.8 Å². The van der Waals surface area contributed by atoms with E-state index in [1.165, 1.54) is 55.0 Å². The van der Waals surface area contributed by atoms with Crippen LogP contribution in [0.3, 0.4) is 0 Å². The number of benzene rings is 9. The lowest BCUT2D eigenvalue weighted by molar-refractivity contribution is 0.487. The van der Waals surface area contributed by atoms with Crippen molar-refractivity contribution in [3.8, 4) is 44.9 Å². The first kappa shape index (κ1) is 39.3. The Morgan fingerprint density at radius 2 is 1.14 bits per heavy atom. The van der Waals surface area contributed by atoms with Crippen LogP contribution in [-0.2, 0) is 5.41 Å². The van der Waals surface area contributed by atoms with Gasteiger partial charge < -0.3 is 9.64 Å². The van der Waals surface area contributed by atoms with Gasteiger partial charge in [-0.2, -0.15) is 0 Å². The van der Waals surface area contributed by atoms with Gasteiger partial charge in [0.15, 0.2) is 8.07 Å². The van der Waals surface area contributed by atoms with Crippen molar-refractivity contribution in [2.75, 3.05) is 4.90 Å². The minimum absolute atomic E-state index is 0.0729. The van der Waals surface area contributed by atoms with Crippen molar-refractivity contribution in [1.29, 1.82) is 0 Å². The van der Waals surface area contributed by atoms with Gasteiger partial charge in [0.25, 0.3) is 6.71 Å². The zero-order chi connectivity index (χ0) is 44.2. The standard InChI is InChI=1S/C59H44BF2NOSi/c1-37-28-53-58-55(29-37)64-54-32-39(40-30-42(61)34-43(62)31-40)24-26-49(54)60(58)50-36-57-48(35-52(50)63(53)51-27-25-41(59(2,3)4)33-47(51)38-16-8-5-9-17-38)46-22-14-15-23-56(46)65(57,44-18-10-6-11-19-44)45-20-12-7-13-21-45/h5-36H,1-4H3. The van der Waals surface area contributed by atoms with E-state index in [1.807, 2.05) is 12.1 Å². The molecule has 0 unspecified atom stereocenters. The third kappa shape index (κ3) is 6.04. The molecule has 0 aliphatic carbocycles. The summed E-state index contributed by atoms with van der Waals surface area (Å²) in [4.78, 5) is 2.50. The molecule has 9 aromatic rings. The van der Waals surface area contributed by atoms with Crippen molar-refractivity contribution >= 4 is 69.0 Å². The smallest absolute Gasteiger partial charge is 0.256 e. The molecule has 0 atom stereocenters. The first-order valence-electron chi connectivity index (χ1n) is 22.4. The lowest BCUT2D eigenvalue weighted by Crippen LogP contribution is -2.73. The summed E-state index contributed by atoms with van der Waals surface area (Å²) in [7, 11) is -2.89. The number of fused-ring (bicyclic) bond motifs is 7. The van der Waals surface area contributed by atoms with E-state index >= 15 is 0 Å². The average Bonchev–Trinajstić information content (AvgIpc) is 3.60. The number of hydrogen-bond acceptors (Lipinski definition) is 2. The van der Waals surface area contributed by atoms with Crippen LogP contribution in [-0.4, -0.2) is 14.8 Å². The van der Waals surface area contributed by atoms with E-state index in [1.54, 1.807) is 0 Å². The Bertz CT molecular complexity index is 3320. The summed E-state index contributed by atoms with van der Waals surface area (Å²) in [5, 5.41) is 5.42. The summed E-state index contributed by atoms with van der Waals surface area (Å²) in [6, 6.07) is 68.3. The molecule has 0 saturated carbocycles. The number of rotatable bonds is 5. The molecule has 0 spiro atoms.